The smallest absolute Gasteiger partial charge is 0.294 e. The Morgan fingerprint density at radius 3 is 2.62 bits per heavy atom. The Kier molecular flexibility index (Phi) is 5.69. The van der Waals surface area contributed by atoms with Crippen LogP contribution in [0.4, 0.5) is 0 Å². The molecule has 9 nitrogen and oxygen atoms in total. The second-order valence-corrected chi connectivity index (χ2v) is 5.50. The van der Waals surface area contributed by atoms with E-state index in [-0.39, 0.29) is 30.7 Å². The molecule has 130 valence electrons. The van der Waals surface area contributed by atoms with Crippen LogP contribution in [0, 0.1) is 10.1 Å². The number of benzene rings is 1. The number of hydrogen-bond donors (Lipinski definition) is 0. The van der Waals surface area contributed by atoms with Gasteiger partial charge in [-0.2, -0.15) is 0 Å². The van der Waals surface area contributed by atoms with Crippen molar-refractivity contribution in [1.82, 2.24) is 9.80 Å². The van der Waals surface area contributed by atoms with E-state index >= 15 is 0 Å². The zero-order valence-corrected chi connectivity index (χ0v) is 13.6. The van der Waals surface area contributed by atoms with E-state index in [2.05, 4.69) is 4.84 Å². The molecule has 1 aromatic rings. The van der Waals surface area contributed by atoms with Crippen molar-refractivity contribution < 1.29 is 24.3 Å². The largest absolute Gasteiger partial charge is 0.491 e. The van der Waals surface area contributed by atoms with Crippen LogP contribution in [0.5, 0.6) is 5.75 Å². The number of carbonyl (C=O) groups excluding carboxylic acids is 2. The lowest BCUT2D eigenvalue weighted by Crippen LogP contribution is -2.31. The summed E-state index contributed by atoms with van der Waals surface area (Å²) in [5.74, 6) is -0.498. The van der Waals surface area contributed by atoms with E-state index in [1.807, 2.05) is 19.0 Å². The molecule has 0 radical (unpaired) electrons. The van der Waals surface area contributed by atoms with Crippen LogP contribution in [-0.4, -0.2) is 67.1 Å². The summed E-state index contributed by atoms with van der Waals surface area (Å²) in [6.07, 6.45) is 0.184. The van der Waals surface area contributed by atoms with Gasteiger partial charge in [0.1, 0.15) is 12.4 Å². The number of imide groups is 1. The first-order chi connectivity index (χ1) is 11.4. The Labute approximate surface area is 138 Å². The topological polar surface area (TPSA) is 102 Å². The van der Waals surface area contributed by atoms with Crippen LogP contribution < -0.4 is 4.74 Å². The van der Waals surface area contributed by atoms with Crippen LogP contribution in [0.1, 0.15) is 27.1 Å². The number of fused-ring (bicyclic) bond motifs is 1. The number of likely N-dealkylation sites (N-methyl/N-ethyl adjacent to an activating group) is 1. The average molecular weight is 337 g/mol. The lowest BCUT2D eigenvalue weighted by molar-refractivity contribution is -0.757. The number of rotatable bonds is 9. The highest BCUT2D eigenvalue weighted by Crippen LogP contribution is 2.31. The Morgan fingerprint density at radius 2 is 1.96 bits per heavy atom. The fourth-order valence-corrected chi connectivity index (χ4v) is 2.33. The molecule has 0 N–H and O–H groups in total. The van der Waals surface area contributed by atoms with Crippen LogP contribution in [0.2, 0.25) is 0 Å². The fourth-order valence-electron chi connectivity index (χ4n) is 2.33. The van der Waals surface area contributed by atoms with Gasteiger partial charge in [-0.25, -0.2) is 0 Å². The van der Waals surface area contributed by atoms with E-state index in [0.29, 0.717) is 18.9 Å². The van der Waals surface area contributed by atoms with Gasteiger partial charge < -0.3 is 14.5 Å². The third-order valence-electron chi connectivity index (χ3n) is 3.48. The molecule has 0 fully saturated rings. The van der Waals surface area contributed by atoms with E-state index in [1.165, 1.54) is 0 Å². The second-order valence-electron chi connectivity index (χ2n) is 5.50. The first-order valence-corrected chi connectivity index (χ1v) is 7.46. The first-order valence-electron chi connectivity index (χ1n) is 7.46. The minimum atomic E-state index is -0.904. The van der Waals surface area contributed by atoms with Crippen molar-refractivity contribution >= 4 is 11.8 Å². The summed E-state index contributed by atoms with van der Waals surface area (Å²) in [5.41, 5.74) is 0.536. The van der Waals surface area contributed by atoms with Gasteiger partial charge in [-0.1, -0.05) is 6.07 Å². The van der Waals surface area contributed by atoms with Gasteiger partial charge in [0, 0.05) is 13.1 Å². The molecule has 1 aliphatic heterocycles. The maximum absolute atomic E-state index is 12.5. The van der Waals surface area contributed by atoms with Crippen molar-refractivity contribution in [2.45, 2.75) is 6.42 Å². The third kappa shape index (κ3) is 3.99. The monoisotopic (exact) mass is 337 g/mol. The van der Waals surface area contributed by atoms with E-state index in [0.717, 1.165) is 4.90 Å². The molecule has 0 bridgehead atoms. The highest BCUT2D eigenvalue weighted by Gasteiger charge is 2.37. The van der Waals surface area contributed by atoms with Gasteiger partial charge >= 0.3 is 0 Å². The predicted molar refractivity (Wildman–Crippen MR) is 83.4 cm³/mol. The summed E-state index contributed by atoms with van der Waals surface area (Å²) < 4.78 is 5.63. The van der Waals surface area contributed by atoms with Crippen molar-refractivity contribution in [3.05, 3.63) is 39.4 Å². The summed E-state index contributed by atoms with van der Waals surface area (Å²) in [7, 11) is 3.81. The summed E-state index contributed by atoms with van der Waals surface area (Å²) in [6, 6.07) is 4.88. The molecule has 1 aliphatic rings. The van der Waals surface area contributed by atoms with Crippen molar-refractivity contribution in [3.8, 4) is 5.75 Å². The first kappa shape index (κ1) is 17.7. The fraction of sp³-hybridized carbons (Fsp3) is 0.467. The van der Waals surface area contributed by atoms with Crippen LogP contribution >= 0.6 is 0 Å². The standard InChI is InChI=1S/C15H19N3O6/c1-16(2)8-10-23-12-6-3-5-11-13(12)15(20)17(14(11)19)7-4-9-24-18(21)22/h3,5-6H,4,7-10H2,1-2H3. The Hall–Kier alpha value is -2.68. The lowest BCUT2D eigenvalue weighted by Gasteiger charge is -2.14. The van der Waals surface area contributed by atoms with E-state index in [4.69, 9.17) is 4.74 Å². The molecule has 24 heavy (non-hydrogen) atoms. The molecule has 2 amide bonds. The Morgan fingerprint density at radius 1 is 1.21 bits per heavy atom. The van der Waals surface area contributed by atoms with Crippen LogP contribution in [0.25, 0.3) is 0 Å². The molecule has 2 rings (SSSR count). The number of amides is 2. The highest BCUT2D eigenvalue weighted by molar-refractivity contribution is 6.22. The predicted octanol–water partition coefficient (Wildman–Crippen LogP) is 0.821. The van der Waals surface area contributed by atoms with Crippen LogP contribution in [-0.2, 0) is 4.84 Å². The second kappa shape index (κ2) is 7.73. The quantitative estimate of drug-likeness (QED) is 0.284. The SMILES string of the molecule is CN(C)CCOc1cccc2c1C(=O)N(CCCO[N+](=O)[O-])C2=O. The molecule has 0 spiro atoms. The van der Waals surface area contributed by atoms with E-state index in [9.17, 15) is 19.7 Å². The minimum Gasteiger partial charge on any atom is -0.491 e. The summed E-state index contributed by atoms with van der Waals surface area (Å²) in [5, 5.41) is 9.21. The van der Waals surface area contributed by atoms with Crippen molar-refractivity contribution in [2.24, 2.45) is 0 Å². The van der Waals surface area contributed by atoms with E-state index < -0.39 is 16.9 Å². The van der Waals surface area contributed by atoms with Crippen molar-refractivity contribution in [3.63, 3.8) is 0 Å². The molecule has 0 aliphatic carbocycles. The number of ether oxygens (including phenoxy) is 1. The maximum atomic E-state index is 12.5. The molecular formula is C15H19N3O6. The van der Waals surface area contributed by atoms with Gasteiger partial charge in [-0.05, 0) is 32.6 Å². The van der Waals surface area contributed by atoms with Gasteiger partial charge in [0.2, 0.25) is 0 Å². The zero-order chi connectivity index (χ0) is 17.7. The summed E-state index contributed by atoms with van der Waals surface area (Å²) in [6.45, 7) is 0.944. The molecule has 0 unspecified atom stereocenters. The molecule has 0 saturated carbocycles. The van der Waals surface area contributed by atoms with Gasteiger partial charge in [0.25, 0.3) is 16.9 Å². The van der Waals surface area contributed by atoms with Crippen molar-refractivity contribution in [2.75, 3.05) is 40.4 Å². The molecule has 1 heterocycles. The lowest BCUT2D eigenvalue weighted by atomic mass is 10.1. The molecule has 0 aromatic heterocycles. The normalized spacial score (nSPS) is 13.4. The van der Waals surface area contributed by atoms with E-state index in [1.54, 1.807) is 18.2 Å². The molecule has 0 saturated heterocycles. The zero-order valence-electron chi connectivity index (χ0n) is 13.6. The highest BCUT2D eigenvalue weighted by atomic mass is 16.9. The van der Waals surface area contributed by atoms with Crippen LogP contribution in [0.15, 0.2) is 18.2 Å². The number of hydrogen-bond acceptors (Lipinski definition) is 7. The van der Waals surface area contributed by atoms with Crippen LogP contribution in [0.3, 0.4) is 0 Å². The number of carbonyl (C=O) groups is 2. The maximum Gasteiger partial charge on any atom is 0.294 e. The van der Waals surface area contributed by atoms with Gasteiger partial charge in [0.05, 0.1) is 17.7 Å². The average Bonchev–Trinajstić information content (AvgIpc) is 2.76. The minimum absolute atomic E-state index is 0.0529. The molecule has 9 heteroatoms. The number of nitrogens with zero attached hydrogens (tertiary/aromatic N) is 3. The third-order valence-corrected chi connectivity index (χ3v) is 3.48. The van der Waals surface area contributed by atoms with Gasteiger partial charge in [-0.3, -0.25) is 14.5 Å². The molecule has 1 aromatic carbocycles. The molecular weight excluding hydrogens is 318 g/mol. The summed E-state index contributed by atoms with van der Waals surface area (Å²) >= 11 is 0. The van der Waals surface area contributed by atoms with Gasteiger partial charge in [-0.15, -0.1) is 10.1 Å². The summed E-state index contributed by atoms with van der Waals surface area (Å²) in [4.78, 5) is 42.1. The molecule has 0 atom stereocenters. The Balaban J connectivity index is 2.05. The Bertz CT molecular complexity index is 646. The van der Waals surface area contributed by atoms with Crippen molar-refractivity contribution in [1.29, 1.82) is 0 Å². The van der Waals surface area contributed by atoms with Gasteiger partial charge in [0.15, 0.2) is 0 Å².